The average Bonchev–Trinajstić information content (AvgIpc) is 2.95. The number of thioether (sulfide) groups is 1. The number of carboxylic acid groups (broad SMARTS) is 1. The molecule has 0 bridgehead atoms. The lowest BCUT2D eigenvalue weighted by atomic mass is 9.73. The van der Waals surface area contributed by atoms with Crippen LogP contribution >= 0.6 is 11.8 Å². The number of benzene rings is 1. The third-order valence-corrected chi connectivity index (χ3v) is 10.8. The number of amides is 2. The molecule has 0 fully saturated rings. The van der Waals surface area contributed by atoms with Crippen molar-refractivity contribution in [1.82, 2.24) is 9.88 Å². The maximum absolute atomic E-state index is 15.7. The van der Waals surface area contributed by atoms with E-state index in [1.807, 2.05) is 6.07 Å². The van der Waals surface area contributed by atoms with Crippen molar-refractivity contribution in [2.24, 2.45) is 10.9 Å². The highest BCUT2D eigenvalue weighted by Gasteiger charge is 2.56. The first kappa shape index (κ1) is 36.7. The summed E-state index contributed by atoms with van der Waals surface area (Å²) in [5.41, 5.74) is -1.84. The number of carbonyl (C=O) groups excluding carboxylic acids is 2. The first-order valence-electron chi connectivity index (χ1n) is 14.8. The van der Waals surface area contributed by atoms with Crippen LogP contribution < -0.4 is 5.32 Å². The number of amidine groups is 1. The second-order valence-electron chi connectivity index (χ2n) is 13.7. The zero-order valence-electron chi connectivity index (χ0n) is 27.7. The second-order valence-corrected chi connectivity index (χ2v) is 20.8. The van der Waals surface area contributed by atoms with Gasteiger partial charge in [-0.05, 0) is 71.0 Å². The predicted octanol–water partition coefficient (Wildman–Crippen LogP) is 6.69. The number of rotatable bonds is 9. The van der Waals surface area contributed by atoms with Gasteiger partial charge in [-0.25, -0.2) is 19.1 Å². The van der Waals surface area contributed by atoms with Gasteiger partial charge in [-0.15, -0.1) is 0 Å². The van der Waals surface area contributed by atoms with Gasteiger partial charge in [0.1, 0.15) is 34.7 Å². The number of pyridine rings is 1. The maximum atomic E-state index is 15.7. The van der Waals surface area contributed by atoms with Crippen molar-refractivity contribution in [2.45, 2.75) is 83.1 Å². The molecule has 0 spiro atoms. The molecule has 2 N–H and O–H groups in total. The van der Waals surface area contributed by atoms with E-state index in [1.165, 1.54) is 37.4 Å². The van der Waals surface area contributed by atoms with Crippen LogP contribution in [-0.2, 0) is 19.8 Å². The first-order chi connectivity index (χ1) is 21.2. The Hall–Kier alpha value is -3.80. The van der Waals surface area contributed by atoms with Crippen LogP contribution in [0.5, 0.6) is 0 Å². The van der Waals surface area contributed by atoms with Crippen molar-refractivity contribution in [1.29, 1.82) is 5.26 Å². The van der Waals surface area contributed by atoms with Crippen LogP contribution in [0.4, 0.5) is 14.9 Å². The van der Waals surface area contributed by atoms with Crippen molar-refractivity contribution in [2.75, 3.05) is 18.7 Å². The molecule has 1 aliphatic rings. The zero-order chi connectivity index (χ0) is 34.7. The van der Waals surface area contributed by atoms with Crippen molar-refractivity contribution in [3.63, 3.8) is 0 Å². The number of nitriles is 1. The number of nitrogens with zero attached hydrogens (tertiary/aromatic N) is 4. The molecule has 2 heterocycles. The molecule has 0 saturated heterocycles. The van der Waals surface area contributed by atoms with Crippen LogP contribution in [0.2, 0.25) is 25.7 Å². The number of hydrogen-bond donors (Lipinski definition) is 2. The SMILES string of the molecule is CC1[C@@](C)(C(=O)O)SC(N(COCC[Si](C)(C)C)C(=O)OC(C)(C)C)=N[C@]1(C)c1cc(NC(=O)c2ccc(C#N)cn2)ccc1F. The van der Waals surface area contributed by atoms with Gasteiger partial charge in [0, 0.05) is 38.0 Å². The molecule has 1 unspecified atom stereocenters. The van der Waals surface area contributed by atoms with E-state index in [2.05, 4.69) is 29.9 Å². The number of nitrogens with one attached hydrogen (secondary N) is 1. The van der Waals surface area contributed by atoms with Gasteiger partial charge < -0.3 is 19.9 Å². The topological polar surface area (TPSA) is 154 Å². The van der Waals surface area contributed by atoms with E-state index in [0.717, 1.165) is 28.8 Å². The molecule has 3 atom stereocenters. The molecule has 11 nitrogen and oxygen atoms in total. The number of carboxylic acids is 1. The highest BCUT2D eigenvalue weighted by atomic mass is 32.2. The summed E-state index contributed by atoms with van der Waals surface area (Å²) in [6, 6.07) is 9.54. The number of carbonyl (C=O) groups is 3. The fraction of sp³-hybridized carbons (Fsp3) is 0.500. The van der Waals surface area contributed by atoms with E-state index >= 15 is 4.39 Å². The van der Waals surface area contributed by atoms with Crippen LogP contribution in [-0.4, -0.2) is 69.9 Å². The number of aliphatic imine (C=N–C) groups is 1. The molecule has 1 aliphatic heterocycles. The maximum Gasteiger partial charge on any atom is 0.418 e. The molecule has 1 aromatic heterocycles. The molecule has 0 aliphatic carbocycles. The minimum absolute atomic E-state index is 0.00312. The Kier molecular flexibility index (Phi) is 11.1. The van der Waals surface area contributed by atoms with E-state index in [4.69, 9.17) is 19.7 Å². The summed E-state index contributed by atoms with van der Waals surface area (Å²) in [5.74, 6) is -3.25. The summed E-state index contributed by atoms with van der Waals surface area (Å²) in [5, 5.41) is 22.2. The Morgan fingerprint density at radius 2 is 1.87 bits per heavy atom. The minimum atomic E-state index is -1.57. The van der Waals surface area contributed by atoms with E-state index in [9.17, 15) is 19.5 Å². The lowest BCUT2D eigenvalue weighted by Gasteiger charge is -2.47. The van der Waals surface area contributed by atoms with E-state index in [1.54, 1.807) is 34.6 Å². The second kappa shape index (κ2) is 13.9. The Bertz CT molecular complexity index is 1550. The Morgan fingerprint density at radius 3 is 2.41 bits per heavy atom. The highest BCUT2D eigenvalue weighted by Crippen LogP contribution is 2.52. The van der Waals surface area contributed by atoms with Crippen molar-refractivity contribution in [3.05, 3.63) is 59.2 Å². The fourth-order valence-electron chi connectivity index (χ4n) is 4.59. The van der Waals surface area contributed by atoms with Crippen LogP contribution in [0.3, 0.4) is 0 Å². The number of aromatic nitrogens is 1. The molecule has 14 heteroatoms. The molecule has 2 amide bonds. The van der Waals surface area contributed by atoms with Crippen molar-refractivity contribution >= 4 is 48.7 Å². The van der Waals surface area contributed by atoms with Crippen LogP contribution in [0.25, 0.3) is 0 Å². The quantitative estimate of drug-likeness (QED) is 0.169. The number of anilines is 1. The molecule has 3 rings (SSSR count). The van der Waals surface area contributed by atoms with Crippen LogP contribution in [0, 0.1) is 23.1 Å². The average molecular weight is 672 g/mol. The van der Waals surface area contributed by atoms with E-state index < -0.39 is 53.7 Å². The zero-order valence-corrected chi connectivity index (χ0v) is 29.5. The summed E-state index contributed by atoms with van der Waals surface area (Å²) < 4.78 is 25.7. The summed E-state index contributed by atoms with van der Waals surface area (Å²) in [6.07, 6.45) is 0.481. The van der Waals surface area contributed by atoms with Gasteiger partial charge in [0.25, 0.3) is 5.91 Å². The number of halogens is 1. The summed E-state index contributed by atoms with van der Waals surface area (Å²) >= 11 is 0.875. The third-order valence-electron chi connectivity index (χ3n) is 7.68. The van der Waals surface area contributed by atoms with Crippen LogP contribution in [0.15, 0.2) is 41.5 Å². The molecule has 248 valence electrons. The lowest BCUT2D eigenvalue weighted by Crippen LogP contribution is -2.55. The van der Waals surface area contributed by atoms with Gasteiger partial charge in [0.2, 0.25) is 0 Å². The first-order valence-corrected chi connectivity index (χ1v) is 19.3. The normalized spacial score (nSPS) is 21.5. The largest absolute Gasteiger partial charge is 0.480 e. The van der Waals surface area contributed by atoms with Gasteiger partial charge >= 0.3 is 12.1 Å². The standard InChI is InChI=1S/C32H42FN5O6SSi/c1-20-31(5,23-16-22(11-12-24(23)33)36-26(39)25-13-10-21(17-34)18-35-25)37-28(45-32(20,6)27(40)41)38(29(42)44-30(2,3)4)19-43-14-15-46(7,8)9/h10-13,16,18,20H,14-15,19H2,1-9H3,(H,36,39)(H,40,41)/t20?,31-,32-/m0/s1. The molecule has 2 aromatic rings. The molecule has 0 radical (unpaired) electrons. The van der Waals surface area contributed by atoms with Crippen molar-refractivity contribution in [3.8, 4) is 6.07 Å². The molecule has 1 aromatic carbocycles. The van der Waals surface area contributed by atoms with Gasteiger partial charge in [-0.3, -0.25) is 14.6 Å². The summed E-state index contributed by atoms with van der Waals surface area (Å²) in [6.45, 7) is 16.6. The molecule has 0 saturated carbocycles. The highest BCUT2D eigenvalue weighted by molar-refractivity contribution is 8.15. The van der Waals surface area contributed by atoms with Gasteiger partial charge in [-0.1, -0.05) is 38.3 Å². The monoisotopic (exact) mass is 671 g/mol. The lowest BCUT2D eigenvalue weighted by molar-refractivity contribution is -0.141. The molecule has 46 heavy (non-hydrogen) atoms. The third kappa shape index (κ3) is 8.71. The number of aliphatic carboxylic acids is 1. The number of ether oxygens (including phenoxy) is 2. The Morgan fingerprint density at radius 1 is 1.20 bits per heavy atom. The Labute approximate surface area is 274 Å². The van der Waals surface area contributed by atoms with E-state index in [0.29, 0.717) is 6.61 Å². The fourth-order valence-corrected chi connectivity index (χ4v) is 6.69. The molecular weight excluding hydrogens is 630 g/mol. The summed E-state index contributed by atoms with van der Waals surface area (Å²) in [4.78, 5) is 49.3. The van der Waals surface area contributed by atoms with Crippen molar-refractivity contribution < 1.29 is 33.4 Å². The summed E-state index contributed by atoms with van der Waals surface area (Å²) in [7, 11) is -1.46. The van der Waals surface area contributed by atoms with Gasteiger partial charge in [0.05, 0.1) is 11.1 Å². The van der Waals surface area contributed by atoms with Gasteiger partial charge in [-0.2, -0.15) is 5.26 Å². The minimum Gasteiger partial charge on any atom is -0.480 e. The van der Waals surface area contributed by atoms with E-state index in [-0.39, 0.29) is 34.4 Å². The molecular formula is C32H42FN5O6SSi. The Balaban J connectivity index is 2.10. The number of hydrogen-bond acceptors (Lipinski definition) is 9. The smallest absolute Gasteiger partial charge is 0.418 e. The predicted molar refractivity (Wildman–Crippen MR) is 178 cm³/mol. The van der Waals surface area contributed by atoms with Gasteiger partial charge in [0.15, 0.2) is 5.17 Å². The van der Waals surface area contributed by atoms with Crippen LogP contribution in [0.1, 0.15) is 63.2 Å².